The van der Waals surface area contributed by atoms with E-state index in [1.165, 1.54) is 51.4 Å². The van der Waals surface area contributed by atoms with Crippen LogP contribution in [0, 0.1) is 0 Å². The number of hydrogen-bond acceptors (Lipinski definition) is 2. The molecule has 1 N–H and O–H groups in total. The predicted octanol–water partition coefficient (Wildman–Crippen LogP) is 2.94. The molecule has 0 heterocycles. The van der Waals surface area contributed by atoms with Crippen molar-refractivity contribution >= 4 is 0 Å². The lowest BCUT2D eigenvalue weighted by molar-refractivity contribution is 0.0512. The second-order valence-electron chi connectivity index (χ2n) is 5.79. The topological polar surface area (TPSA) is 23.5 Å². The van der Waals surface area contributed by atoms with E-state index in [1.807, 2.05) is 0 Å². The molecule has 94 valence electrons. The van der Waals surface area contributed by atoms with Gasteiger partial charge in [0.25, 0.3) is 0 Å². The highest BCUT2D eigenvalue weighted by Gasteiger charge is 2.27. The van der Waals surface area contributed by atoms with E-state index >= 15 is 0 Å². The molecule has 0 aromatic heterocycles. The molecule has 2 atom stereocenters. The molecule has 2 unspecified atom stereocenters. The third kappa shape index (κ3) is 3.21. The summed E-state index contributed by atoms with van der Waals surface area (Å²) < 4.78 is 0. The third-order valence-corrected chi connectivity index (χ3v) is 4.60. The van der Waals surface area contributed by atoms with Crippen LogP contribution in [0.15, 0.2) is 0 Å². The number of aliphatic hydroxyl groups excluding tert-OH is 1. The van der Waals surface area contributed by atoms with Crippen molar-refractivity contribution in [2.24, 2.45) is 0 Å². The first-order chi connectivity index (χ1) is 7.77. The van der Waals surface area contributed by atoms with Crippen LogP contribution in [0.2, 0.25) is 0 Å². The largest absolute Gasteiger partial charge is 0.393 e. The molecule has 2 heteroatoms. The maximum absolute atomic E-state index is 9.76. The smallest absolute Gasteiger partial charge is 0.0555 e. The molecule has 2 aliphatic rings. The van der Waals surface area contributed by atoms with Gasteiger partial charge in [0.05, 0.1) is 6.10 Å². The summed E-state index contributed by atoms with van der Waals surface area (Å²) in [6, 6.07) is 1.43. The average Bonchev–Trinajstić information content (AvgIpc) is 2.56. The molecule has 2 saturated carbocycles. The maximum Gasteiger partial charge on any atom is 0.0555 e. The summed E-state index contributed by atoms with van der Waals surface area (Å²) in [7, 11) is 2.29. The van der Waals surface area contributed by atoms with Gasteiger partial charge in [-0.15, -0.1) is 0 Å². The van der Waals surface area contributed by atoms with Gasteiger partial charge in [-0.25, -0.2) is 0 Å². The monoisotopic (exact) mass is 225 g/mol. The van der Waals surface area contributed by atoms with Gasteiger partial charge in [-0.05, 0) is 45.6 Å². The van der Waals surface area contributed by atoms with Crippen molar-refractivity contribution in [2.75, 3.05) is 7.05 Å². The highest BCUT2D eigenvalue weighted by molar-refractivity contribution is 4.83. The van der Waals surface area contributed by atoms with Gasteiger partial charge in [-0.2, -0.15) is 0 Å². The Kier molecular flexibility index (Phi) is 4.66. The van der Waals surface area contributed by atoms with E-state index in [9.17, 15) is 5.11 Å². The van der Waals surface area contributed by atoms with Crippen molar-refractivity contribution in [3.8, 4) is 0 Å². The number of rotatable bonds is 2. The lowest BCUT2D eigenvalue weighted by atomic mass is 9.90. The molecule has 0 spiro atoms. The Morgan fingerprint density at radius 2 is 1.44 bits per heavy atom. The molecule has 2 nitrogen and oxygen atoms in total. The first kappa shape index (κ1) is 12.4. The van der Waals surface area contributed by atoms with Crippen molar-refractivity contribution in [2.45, 2.75) is 82.4 Å². The SMILES string of the molecule is CN(C1CCCCCC1)C1CCCC(O)C1. The molecule has 0 radical (unpaired) electrons. The van der Waals surface area contributed by atoms with Crippen molar-refractivity contribution in [1.29, 1.82) is 0 Å². The fourth-order valence-electron chi connectivity index (χ4n) is 3.47. The second kappa shape index (κ2) is 6.02. The Morgan fingerprint density at radius 1 is 0.812 bits per heavy atom. The van der Waals surface area contributed by atoms with Crippen LogP contribution >= 0.6 is 0 Å². The molecule has 0 saturated heterocycles. The van der Waals surface area contributed by atoms with E-state index in [-0.39, 0.29) is 6.10 Å². The Labute approximate surface area is 100 Å². The van der Waals surface area contributed by atoms with Crippen LogP contribution < -0.4 is 0 Å². The Balaban J connectivity index is 1.86. The van der Waals surface area contributed by atoms with E-state index in [2.05, 4.69) is 11.9 Å². The molecule has 0 aromatic carbocycles. The lowest BCUT2D eigenvalue weighted by Crippen LogP contribution is -2.43. The van der Waals surface area contributed by atoms with Crippen LogP contribution in [0.1, 0.15) is 64.2 Å². The molecule has 0 bridgehead atoms. The minimum absolute atomic E-state index is 0.0352. The molecular formula is C14H27NO. The van der Waals surface area contributed by atoms with E-state index in [1.54, 1.807) is 0 Å². The van der Waals surface area contributed by atoms with Crippen LogP contribution in [-0.4, -0.2) is 35.2 Å². The molecule has 2 rings (SSSR count). The lowest BCUT2D eigenvalue weighted by Gasteiger charge is -2.38. The van der Waals surface area contributed by atoms with Crippen LogP contribution in [-0.2, 0) is 0 Å². The van der Waals surface area contributed by atoms with Gasteiger partial charge < -0.3 is 10.0 Å². The van der Waals surface area contributed by atoms with Crippen molar-refractivity contribution < 1.29 is 5.11 Å². The highest BCUT2D eigenvalue weighted by atomic mass is 16.3. The summed E-state index contributed by atoms with van der Waals surface area (Å²) in [5.74, 6) is 0. The standard InChI is InChI=1S/C14H27NO/c1-15(12-7-4-2-3-5-8-12)13-9-6-10-14(16)11-13/h12-14,16H,2-11H2,1H3. The Bertz CT molecular complexity index is 197. The van der Waals surface area contributed by atoms with E-state index in [4.69, 9.17) is 0 Å². The van der Waals surface area contributed by atoms with Gasteiger partial charge in [0, 0.05) is 12.1 Å². The minimum Gasteiger partial charge on any atom is -0.393 e. The summed E-state index contributed by atoms with van der Waals surface area (Å²) in [4.78, 5) is 2.59. The Hall–Kier alpha value is -0.0800. The van der Waals surface area contributed by atoms with Crippen LogP contribution in [0.5, 0.6) is 0 Å². The molecule has 16 heavy (non-hydrogen) atoms. The zero-order valence-corrected chi connectivity index (χ0v) is 10.7. The molecular weight excluding hydrogens is 198 g/mol. The first-order valence-corrected chi connectivity index (χ1v) is 7.17. The number of aliphatic hydroxyl groups is 1. The number of nitrogens with zero attached hydrogens (tertiary/aromatic N) is 1. The summed E-state index contributed by atoms with van der Waals surface area (Å²) in [5, 5.41) is 9.76. The van der Waals surface area contributed by atoms with Crippen molar-refractivity contribution in [3.05, 3.63) is 0 Å². The Morgan fingerprint density at radius 3 is 2.06 bits per heavy atom. The maximum atomic E-state index is 9.76. The van der Waals surface area contributed by atoms with E-state index in [0.29, 0.717) is 6.04 Å². The van der Waals surface area contributed by atoms with Crippen LogP contribution in [0.3, 0.4) is 0 Å². The van der Waals surface area contributed by atoms with Gasteiger partial charge in [-0.1, -0.05) is 25.7 Å². The van der Waals surface area contributed by atoms with Gasteiger partial charge in [-0.3, -0.25) is 0 Å². The van der Waals surface area contributed by atoms with Gasteiger partial charge >= 0.3 is 0 Å². The molecule has 0 aliphatic heterocycles. The van der Waals surface area contributed by atoms with Crippen LogP contribution in [0.4, 0.5) is 0 Å². The average molecular weight is 225 g/mol. The molecule has 2 aliphatic carbocycles. The zero-order valence-electron chi connectivity index (χ0n) is 10.7. The summed E-state index contributed by atoms with van der Waals surface area (Å²) >= 11 is 0. The van der Waals surface area contributed by atoms with Gasteiger partial charge in [0.2, 0.25) is 0 Å². The summed E-state index contributed by atoms with van der Waals surface area (Å²) in [6.45, 7) is 0. The predicted molar refractivity (Wildman–Crippen MR) is 67.5 cm³/mol. The fraction of sp³-hybridized carbons (Fsp3) is 1.00. The van der Waals surface area contributed by atoms with E-state index in [0.717, 1.165) is 18.9 Å². The summed E-state index contributed by atoms with van der Waals surface area (Å²) in [6.07, 6.45) is 12.9. The fourth-order valence-corrected chi connectivity index (χ4v) is 3.47. The normalized spacial score (nSPS) is 33.9. The van der Waals surface area contributed by atoms with Gasteiger partial charge in [0.1, 0.15) is 0 Å². The molecule has 2 fully saturated rings. The first-order valence-electron chi connectivity index (χ1n) is 7.17. The van der Waals surface area contributed by atoms with E-state index < -0.39 is 0 Å². The quantitative estimate of drug-likeness (QED) is 0.730. The third-order valence-electron chi connectivity index (χ3n) is 4.60. The van der Waals surface area contributed by atoms with Crippen molar-refractivity contribution in [1.82, 2.24) is 4.90 Å². The molecule has 0 aromatic rings. The molecule has 0 amide bonds. The van der Waals surface area contributed by atoms with Crippen molar-refractivity contribution in [3.63, 3.8) is 0 Å². The number of hydrogen-bond donors (Lipinski definition) is 1. The van der Waals surface area contributed by atoms with Crippen LogP contribution in [0.25, 0.3) is 0 Å². The second-order valence-corrected chi connectivity index (χ2v) is 5.79. The summed E-state index contributed by atoms with van der Waals surface area (Å²) in [5.41, 5.74) is 0. The highest BCUT2D eigenvalue weighted by Crippen LogP contribution is 2.28. The zero-order chi connectivity index (χ0) is 11.4. The minimum atomic E-state index is -0.0352. The van der Waals surface area contributed by atoms with Gasteiger partial charge in [0.15, 0.2) is 0 Å².